The third-order valence-electron chi connectivity index (χ3n) is 2.03. The van der Waals surface area contributed by atoms with Crippen LogP contribution in [0.1, 0.15) is 33.6 Å². The topological polar surface area (TPSA) is 50.4 Å². The number of likely N-dealkylation sites (N-methyl/N-ethyl adjacent to an activating group) is 1. The van der Waals surface area contributed by atoms with Gasteiger partial charge < -0.3 is 15.4 Å². The third kappa shape index (κ3) is 11.8. The molecule has 0 fully saturated rings. The Kier molecular flexibility index (Phi) is 14.4. The first-order chi connectivity index (χ1) is 7.20. The molecule has 0 bridgehead atoms. The number of ether oxygens (including phenoxy) is 1. The van der Waals surface area contributed by atoms with Crippen molar-refractivity contribution < 1.29 is 9.53 Å². The number of halogens is 1. The van der Waals surface area contributed by atoms with E-state index >= 15 is 0 Å². The second kappa shape index (κ2) is 12.7. The molecule has 0 aromatic rings. The van der Waals surface area contributed by atoms with Gasteiger partial charge in [-0.3, -0.25) is 4.79 Å². The van der Waals surface area contributed by atoms with E-state index in [1.54, 1.807) is 0 Å². The highest BCUT2D eigenvalue weighted by atomic mass is 35.5. The first-order valence-electron chi connectivity index (χ1n) is 5.78. The van der Waals surface area contributed by atoms with Crippen molar-refractivity contribution >= 4 is 18.3 Å². The van der Waals surface area contributed by atoms with Crippen LogP contribution in [0.5, 0.6) is 0 Å². The molecule has 16 heavy (non-hydrogen) atoms. The molecule has 1 amide bonds. The minimum Gasteiger partial charge on any atom is -0.372 e. The van der Waals surface area contributed by atoms with Crippen LogP contribution in [0.3, 0.4) is 0 Å². The predicted octanol–water partition coefficient (Wildman–Crippen LogP) is 1.34. The third-order valence-corrected chi connectivity index (χ3v) is 2.03. The number of carbonyl (C=O) groups excluding carboxylic acids is 1. The Morgan fingerprint density at radius 2 is 2.06 bits per heavy atom. The van der Waals surface area contributed by atoms with Crippen LogP contribution in [0, 0.1) is 0 Å². The maximum Gasteiger partial charge on any atom is 0.246 e. The van der Waals surface area contributed by atoms with Gasteiger partial charge in [0.2, 0.25) is 5.91 Å². The molecular formula is C11H25ClN2O2. The molecule has 0 saturated carbocycles. The fourth-order valence-electron chi connectivity index (χ4n) is 1.15. The molecule has 0 aliphatic heterocycles. The quantitative estimate of drug-likeness (QED) is 0.609. The zero-order valence-electron chi connectivity index (χ0n) is 10.5. The highest BCUT2D eigenvalue weighted by Gasteiger charge is 2.03. The standard InChI is InChI=1S/C11H24N2O2.ClH/c1-4-6-7-15-9-11(14)13-8-10(3)12-5-2;/h10,12H,4-9H2,1-3H3,(H,13,14);1H/t10-;/m1./s1. The van der Waals surface area contributed by atoms with E-state index in [-0.39, 0.29) is 24.9 Å². The van der Waals surface area contributed by atoms with Crippen molar-refractivity contribution in [2.75, 3.05) is 26.3 Å². The number of carbonyl (C=O) groups is 1. The zero-order chi connectivity index (χ0) is 11.5. The molecule has 0 unspecified atom stereocenters. The molecular weight excluding hydrogens is 228 g/mol. The molecule has 1 atom stereocenters. The van der Waals surface area contributed by atoms with Crippen molar-refractivity contribution in [1.29, 1.82) is 0 Å². The number of amides is 1. The van der Waals surface area contributed by atoms with Crippen molar-refractivity contribution in [3.8, 4) is 0 Å². The van der Waals surface area contributed by atoms with Crippen molar-refractivity contribution in [2.45, 2.75) is 39.7 Å². The normalized spacial score (nSPS) is 11.7. The van der Waals surface area contributed by atoms with E-state index in [4.69, 9.17) is 4.74 Å². The summed E-state index contributed by atoms with van der Waals surface area (Å²) in [6.45, 7) is 8.62. The zero-order valence-corrected chi connectivity index (χ0v) is 11.4. The Balaban J connectivity index is 0. The van der Waals surface area contributed by atoms with Gasteiger partial charge in [-0.05, 0) is 19.9 Å². The Morgan fingerprint density at radius 3 is 2.62 bits per heavy atom. The van der Waals surface area contributed by atoms with Gasteiger partial charge in [0.25, 0.3) is 0 Å². The van der Waals surface area contributed by atoms with Crippen LogP contribution in [0.15, 0.2) is 0 Å². The maximum atomic E-state index is 11.3. The fourth-order valence-corrected chi connectivity index (χ4v) is 1.15. The van der Waals surface area contributed by atoms with Gasteiger partial charge in [0.15, 0.2) is 0 Å². The molecule has 0 saturated heterocycles. The predicted molar refractivity (Wildman–Crippen MR) is 69.1 cm³/mol. The minimum atomic E-state index is -0.0316. The lowest BCUT2D eigenvalue weighted by atomic mass is 10.3. The number of hydrogen-bond donors (Lipinski definition) is 2. The second-order valence-corrected chi connectivity index (χ2v) is 3.67. The van der Waals surface area contributed by atoms with Crippen molar-refractivity contribution in [2.24, 2.45) is 0 Å². The summed E-state index contributed by atoms with van der Waals surface area (Å²) >= 11 is 0. The maximum absolute atomic E-state index is 11.3. The van der Waals surface area contributed by atoms with Gasteiger partial charge >= 0.3 is 0 Å². The molecule has 0 aromatic heterocycles. The van der Waals surface area contributed by atoms with Crippen molar-refractivity contribution in [3.05, 3.63) is 0 Å². The van der Waals surface area contributed by atoms with Gasteiger partial charge in [0.1, 0.15) is 6.61 Å². The number of rotatable bonds is 9. The molecule has 0 aromatic carbocycles. The Hall–Kier alpha value is -0.320. The Morgan fingerprint density at radius 1 is 1.38 bits per heavy atom. The van der Waals surface area contributed by atoms with Gasteiger partial charge in [0.05, 0.1) is 0 Å². The molecule has 0 radical (unpaired) electrons. The SMILES string of the molecule is CCCCOCC(=O)NC[C@@H](C)NCC.Cl. The van der Waals surface area contributed by atoms with E-state index in [0.29, 0.717) is 19.2 Å². The van der Waals surface area contributed by atoms with Gasteiger partial charge in [-0.15, -0.1) is 12.4 Å². The van der Waals surface area contributed by atoms with Crippen LogP contribution in [0.2, 0.25) is 0 Å². The lowest BCUT2D eigenvalue weighted by Gasteiger charge is -2.13. The van der Waals surface area contributed by atoms with Crippen LogP contribution >= 0.6 is 12.4 Å². The molecule has 2 N–H and O–H groups in total. The monoisotopic (exact) mass is 252 g/mol. The minimum absolute atomic E-state index is 0. The smallest absolute Gasteiger partial charge is 0.246 e. The van der Waals surface area contributed by atoms with E-state index in [1.807, 2.05) is 13.8 Å². The highest BCUT2D eigenvalue weighted by Crippen LogP contribution is 1.87. The molecule has 98 valence electrons. The fraction of sp³-hybridized carbons (Fsp3) is 0.909. The summed E-state index contributed by atoms with van der Waals surface area (Å²) in [5.41, 5.74) is 0. The molecule has 5 heteroatoms. The van der Waals surface area contributed by atoms with E-state index in [2.05, 4.69) is 17.6 Å². The van der Waals surface area contributed by atoms with Crippen molar-refractivity contribution in [3.63, 3.8) is 0 Å². The van der Waals surface area contributed by atoms with Gasteiger partial charge in [-0.25, -0.2) is 0 Å². The number of hydrogen-bond acceptors (Lipinski definition) is 3. The summed E-state index contributed by atoms with van der Waals surface area (Å²) < 4.78 is 5.20. The first kappa shape index (κ1) is 18.1. The summed E-state index contributed by atoms with van der Waals surface area (Å²) in [6, 6.07) is 0.314. The van der Waals surface area contributed by atoms with E-state index in [0.717, 1.165) is 19.4 Å². The number of nitrogens with one attached hydrogen (secondary N) is 2. The summed E-state index contributed by atoms with van der Waals surface area (Å²) in [4.78, 5) is 11.3. The van der Waals surface area contributed by atoms with Gasteiger partial charge in [-0.1, -0.05) is 20.3 Å². The summed E-state index contributed by atoms with van der Waals surface area (Å²) in [5, 5.41) is 6.04. The van der Waals surface area contributed by atoms with E-state index in [1.165, 1.54) is 0 Å². The van der Waals surface area contributed by atoms with E-state index < -0.39 is 0 Å². The van der Waals surface area contributed by atoms with Crippen molar-refractivity contribution in [1.82, 2.24) is 10.6 Å². The van der Waals surface area contributed by atoms with Gasteiger partial charge in [0, 0.05) is 19.2 Å². The number of unbranched alkanes of at least 4 members (excludes halogenated alkanes) is 1. The molecule has 0 rings (SSSR count). The van der Waals surface area contributed by atoms with Crippen LogP contribution in [-0.2, 0) is 9.53 Å². The largest absolute Gasteiger partial charge is 0.372 e. The summed E-state index contributed by atoms with van der Waals surface area (Å²) in [6.07, 6.45) is 2.11. The lowest BCUT2D eigenvalue weighted by molar-refractivity contribution is -0.125. The Bertz CT molecular complexity index is 168. The lowest BCUT2D eigenvalue weighted by Crippen LogP contribution is -2.40. The highest BCUT2D eigenvalue weighted by molar-refractivity contribution is 5.85. The molecule has 0 aliphatic rings. The molecule has 4 nitrogen and oxygen atoms in total. The van der Waals surface area contributed by atoms with Crippen LogP contribution in [-0.4, -0.2) is 38.3 Å². The first-order valence-corrected chi connectivity index (χ1v) is 5.78. The average molecular weight is 253 g/mol. The average Bonchev–Trinajstić information content (AvgIpc) is 2.22. The van der Waals surface area contributed by atoms with Crippen LogP contribution in [0.4, 0.5) is 0 Å². The molecule has 0 spiro atoms. The molecule has 0 heterocycles. The summed E-state index contributed by atoms with van der Waals surface area (Å²) in [7, 11) is 0. The van der Waals surface area contributed by atoms with Crippen LogP contribution < -0.4 is 10.6 Å². The Labute approximate surface area is 105 Å². The van der Waals surface area contributed by atoms with E-state index in [9.17, 15) is 4.79 Å². The summed E-state index contributed by atoms with van der Waals surface area (Å²) in [5.74, 6) is -0.0316. The van der Waals surface area contributed by atoms with Crippen LogP contribution in [0.25, 0.3) is 0 Å². The molecule has 0 aliphatic carbocycles. The second-order valence-electron chi connectivity index (χ2n) is 3.67. The van der Waals surface area contributed by atoms with Gasteiger partial charge in [-0.2, -0.15) is 0 Å².